The Balaban J connectivity index is 1.79. The van der Waals surface area contributed by atoms with Crippen molar-refractivity contribution in [2.45, 2.75) is 6.42 Å². The highest BCUT2D eigenvalue weighted by Gasteiger charge is 2.15. The molecule has 0 amide bonds. The van der Waals surface area contributed by atoms with Gasteiger partial charge in [-0.3, -0.25) is 5.73 Å². The van der Waals surface area contributed by atoms with Gasteiger partial charge in [-0.05, 0) is 83.1 Å². The van der Waals surface area contributed by atoms with Gasteiger partial charge in [-0.2, -0.15) is 0 Å². The van der Waals surface area contributed by atoms with Crippen molar-refractivity contribution in [3.63, 3.8) is 0 Å². The second-order valence-electron chi connectivity index (χ2n) is 6.27. The summed E-state index contributed by atoms with van der Waals surface area (Å²) in [5.41, 5.74) is 8.83. The molecule has 5 heteroatoms. The number of phenolic OH excluding ortho intramolecular Hbond substituents is 2. The van der Waals surface area contributed by atoms with E-state index < -0.39 is 0 Å². The molecule has 1 aromatic heterocycles. The van der Waals surface area contributed by atoms with Crippen LogP contribution in [0.5, 0.6) is 17.2 Å². The fourth-order valence-corrected chi connectivity index (χ4v) is 4.42. The van der Waals surface area contributed by atoms with E-state index in [0.717, 1.165) is 38.3 Å². The molecule has 0 atom stereocenters. The molecule has 0 saturated heterocycles. The monoisotopic (exact) mass is 377 g/mol. The number of fused-ring (bicyclic) bond motifs is 1. The summed E-state index contributed by atoms with van der Waals surface area (Å²) in [4.78, 5) is 1.14. The summed E-state index contributed by atoms with van der Waals surface area (Å²) in [5.74, 6) is 1.26. The van der Waals surface area contributed by atoms with Crippen molar-refractivity contribution >= 4 is 21.4 Å². The quantitative estimate of drug-likeness (QED) is 0.434. The largest absolute Gasteiger partial charge is 0.508 e. The molecule has 0 unspecified atom stereocenters. The number of phenols is 2. The van der Waals surface area contributed by atoms with Crippen LogP contribution in [0, 0.1) is 0 Å². The Morgan fingerprint density at radius 1 is 0.852 bits per heavy atom. The third-order valence-corrected chi connectivity index (χ3v) is 5.70. The molecule has 0 radical (unpaired) electrons. The fourth-order valence-electron chi connectivity index (χ4n) is 3.16. The molecule has 4 aromatic rings. The van der Waals surface area contributed by atoms with Gasteiger partial charge in [0.15, 0.2) is 0 Å². The van der Waals surface area contributed by atoms with Crippen LogP contribution in [0.1, 0.15) is 11.1 Å². The lowest BCUT2D eigenvalue weighted by atomic mass is 9.99. The highest BCUT2D eigenvalue weighted by atomic mass is 32.1. The molecular formula is C22H19NO3S. The van der Waals surface area contributed by atoms with Crippen molar-refractivity contribution < 1.29 is 14.9 Å². The first-order valence-electron chi connectivity index (χ1n) is 8.59. The molecule has 136 valence electrons. The van der Waals surface area contributed by atoms with Gasteiger partial charge in [-0.25, -0.2) is 0 Å². The Hall–Kier alpha value is -3.02. The Kier molecular flexibility index (Phi) is 4.71. The van der Waals surface area contributed by atoms with Gasteiger partial charge in [0.25, 0.3) is 0 Å². The van der Waals surface area contributed by atoms with Crippen molar-refractivity contribution in [3.8, 4) is 27.7 Å². The van der Waals surface area contributed by atoms with Crippen LogP contribution in [0.15, 0.2) is 66.7 Å². The molecular weight excluding hydrogens is 358 g/mol. The van der Waals surface area contributed by atoms with Crippen molar-refractivity contribution in [2.75, 3.05) is 6.73 Å². The minimum atomic E-state index is 0.156. The van der Waals surface area contributed by atoms with Crippen LogP contribution in [0.25, 0.3) is 20.5 Å². The number of thiophene rings is 1. The number of rotatable bonds is 5. The van der Waals surface area contributed by atoms with Crippen LogP contribution in [0.2, 0.25) is 0 Å². The summed E-state index contributed by atoms with van der Waals surface area (Å²) >= 11 is 1.64. The minimum absolute atomic E-state index is 0.156. The standard InChI is InChI=1S/C22H19NO3S/c23-13-26-18-8-1-14(2-9-18)11-20-19-10-7-17(25)12-21(19)27-22(20)15-3-5-16(24)6-4-15/h1-10,12,24-25H,11,13,23H2. The molecule has 4 N–H and O–H groups in total. The predicted octanol–water partition coefficient (Wildman–Crippen LogP) is 4.87. The number of ether oxygens (including phenoxy) is 1. The minimum Gasteiger partial charge on any atom is -0.508 e. The second kappa shape index (κ2) is 7.31. The number of hydrogen-bond donors (Lipinski definition) is 3. The highest BCUT2D eigenvalue weighted by Crippen LogP contribution is 2.41. The van der Waals surface area contributed by atoms with Gasteiger partial charge < -0.3 is 14.9 Å². The summed E-state index contributed by atoms with van der Waals surface area (Å²) in [7, 11) is 0. The van der Waals surface area contributed by atoms with E-state index in [1.807, 2.05) is 42.5 Å². The van der Waals surface area contributed by atoms with E-state index >= 15 is 0 Å². The molecule has 0 aliphatic carbocycles. The number of benzene rings is 3. The van der Waals surface area contributed by atoms with Crippen LogP contribution in [-0.4, -0.2) is 16.9 Å². The first-order chi connectivity index (χ1) is 13.1. The van der Waals surface area contributed by atoms with Gasteiger partial charge in [0.2, 0.25) is 0 Å². The van der Waals surface area contributed by atoms with Gasteiger partial charge >= 0.3 is 0 Å². The Morgan fingerprint density at radius 2 is 1.56 bits per heavy atom. The van der Waals surface area contributed by atoms with Crippen LogP contribution in [0.3, 0.4) is 0 Å². The maximum absolute atomic E-state index is 9.86. The van der Waals surface area contributed by atoms with Gasteiger partial charge in [-0.15, -0.1) is 11.3 Å². The van der Waals surface area contributed by atoms with Crippen molar-refractivity contribution in [1.29, 1.82) is 0 Å². The van der Waals surface area contributed by atoms with Crippen molar-refractivity contribution in [3.05, 3.63) is 77.9 Å². The van der Waals surface area contributed by atoms with E-state index in [9.17, 15) is 10.2 Å². The number of aromatic hydroxyl groups is 2. The van der Waals surface area contributed by atoms with Gasteiger partial charge in [-0.1, -0.05) is 12.1 Å². The molecule has 4 rings (SSSR count). The molecule has 27 heavy (non-hydrogen) atoms. The fraction of sp³-hybridized carbons (Fsp3) is 0.0909. The Bertz CT molecular complexity index is 1070. The number of hydrogen-bond acceptors (Lipinski definition) is 5. The summed E-state index contributed by atoms with van der Waals surface area (Å²) < 4.78 is 6.35. The van der Waals surface area contributed by atoms with Crippen molar-refractivity contribution in [2.24, 2.45) is 5.73 Å². The SMILES string of the molecule is NCOc1ccc(Cc2c(-c3ccc(O)cc3)sc3cc(O)ccc23)cc1. The van der Waals surface area contributed by atoms with Crippen LogP contribution in [0.4, 0.5) is 0 Å². The van der Waals surface area contributed by atoms with Crippen LogP contribution < -0.4 is 10.5 Å². The summed E-state index contributed by atoms with van der Waals surface area (Å²) in [5, 5.41) is 20.6. The van der Waals surface area contributed by atoms with Crippen molar-refractivity contribution in [1.82, 2.24) is 0 Å². The summed E-state index contributed by atoms with van der Waals surface area (Å²) in [6.45, 7) is 0.156. The zero-order valence-electron chi connectivity index (χ0n) is 14.6. The molecule has 0 aliphatic heterocycles. The van der Waals surface area contributed by atoms with Gasteiger partial charge in [0.05, 0.1) is 0 Å². The van der Waals surface area contributed by atoms with Crippen LogP contribution in [-0.2, 0) is 6.42 Å². The average Bonchev–Trinajstić information content (AvgIpc) is 3.01. The molecule has 0 aliphatic rings. The van der Waals surface area contributed by atoms with Gasteiger partial charge in [0.1, 0.15) is 24.0 Å². The molecule has 0 fully saturated rings. The van der Waals surface area contributed by atoms with Crippen LogP contribution >= 0.6 is 11.3 Å². The van der Waals surface area contributed by atoms with E-state index in [2.05, 4.69) is 0 Å². The average molecular weight is 377 g/mol. The molecule has 0 spiro atoms. The zero-order valence-corrected chi connectivity index (χ0v) is 15.4. The van der Waals surface area contributed by atoms with E-state index in [0.29, 0.717) is 0 Å². The summed E-state index contributed by atoms with van der Waals surface area (Å²) in [6.07, 6.45) is 0.754. The van der Waals surface area contributed by atoms with E-state index in [1.54, 1.807) is 35.6 Å². The maximum atomic E-state index is 9.86. The normalized spacial score (nSPS) is 11.0. The molecule has 1 heterocycles. The molecule has 4 nitrogen and oxygen atoms in total. The maximum Gasteiger partial charge on any atom is 0.137 e. The predicted molar refractivity (Wildman–Crippen MR) is 110 cm³/mol. The number of nitrogens with two attached hydrogens (primary N) is 1. The summed E-state index contributed by atoms with van der Waals surface area (Å²) in [6, 6.07) is 20.6. The Labute approximate surface area is 161 Å². The zero-order chi connectivity index (χ0) is 18.8. The first kappa shape index (κ1) is 17.4. The van der Waals surface area contributed by atoms with E-state index in [1.165, 1.54) is 5.56 Å². The lowest BCUT2D eigenvalue weighted by Crippen LogP contribution is -2.07. The highest BCUT2D eigenvalue weighted by molar-refractivity contribution is 7.22. The Morgan fingerprint density at radius 3 is 2.26 bits per heavy atom. The first-order valence-corrected chi connectivity index (χ1v) is 9.41. The molecule has 0 bridgehead atoms. The van der Waals surface area contributed by atoms with E-state index in [-0.39, 0.29) is 18.2 Å². The third kappa shape index (κ3) is 3.60. The smallest absolute Gasteiger partial charge is 0.137 e. The molecule has 3 aromatic carbocycles. The lowest BCUT2D eigenvalue weighted by molar-refractivity contribution is 0.329. The second-order valence-corrected chi connectivity index (χ2v) is 7.32. The van der Waals surface area contributed by atoms with E-state index in [4.69, 9.17) is 10.5 Å². The topological polar surface area (TPSA) is 75.7 Å². The van der Waals surface area contributed by atoms with Gasteiger partial charge in [0, 0.05) is 9.58 Å². The lowest BCUT2D eigenvalue weighted by Gasteiger charge is -2.08. The third-order valence-electron chi connectivity index (χ3n) is 4.46. The molecule has 0 saturated carbocycles.